The van der Waals surface area contributed by atoms with Gasteiger partial charge in [-0.3, -0.25) is 4.79 Å². The smallest absolute Gasteiger partial charge is 0.333 e. The predicted molar refractivity (Wildman–Crippen MR) is 397 cm³/mol. The molecule has 90 heavy (non-hydrogen) atoms. The number of ether oxygens (including phenoxy) is 15. The van der Waals surface area contributed by atoms with E-state index in [4.69, 9.17) is 71.4 Å². The van der Waals surface area contributed by atoms with Crippen molar-refractivity contribution in [2.45, 2.75) is 288 Å². The summed E-state index contributed by atoms with van der Waals surface area (Å²) < 4.78 is 80.1. The Hall–Kier alpha value is -2.82. The number of carbonyl (C=O) groups is 2. The fraction of sp³-hybridized carbons (Fsp3) is 0.861. The molecule has 1 aromatic carbocycles. The van der Waals surface area contributed by atoms with Crippen molar-refractivity contribution < 1.29 is 85.7 Å². The summed E-state index contributed by atoms with van der Waals surface area (Å²) in [7, 11) is 5.02. The molecule has 0 saturated carbocycles. The molecule has 0 bridgehead atoms. The Morgan fingerprint density at radius 3 is 1.02 bits per heavy atom. The molecule has 8 atom stereocenters. The van der Waals surface area contributed by atoms with E-state index < -0.39 is 5.97 Å². The van der Waals surface area contributed by atoms with E-state index in [1.165, 1.54) is 0 Å². The van der Waals surface area contributed by atoms with Gasteiger partial charge in [0.25, 0.3) is 6.47 Å². The van der Waals surface area contributed by atoms with Gasteiger partial charge in [0, 0.05) is 33.5 Å². The minimum atomic E-state index is -0.394. The number of hydrogen-bond donors (Lipinski definition) is 1. The third-order valence-corrected chi connectivity index (χ3v) is 10.6. The van der Waals surface area contributed by atoms with Crippen molar-refractivity contribution in [3.8, 4) is 5.75 Å². The molecule has 18 heteroatoms. The van der Waals surface area contributed by atoms with Gasteiger partial charge in [-0.2, -0.15) is 0 Å². The fourth-order valence-electron chi connectivity index (χ4n) is 6.51. The van der Waals surface area contributed by atoms with Crippen molar-refractivity contribution in [1.82, 2.24) is 0 Å². The van der Waals surface area contributed by atoms with Gasteiger partial charge in [0.05, 0.1) is 135 Å². The van der Waals surface area contributed by atoms with Gasteiger partial charge in [-0.05, 0) is 105 Å². The Morgan fingerprint density at radius 2 is 0.733 bits per heavy atom. The quantitative estimate of drug-likeness (QED) is 0.0280. The molecule has 0 aliphatic rings. The number of esters is 1. The van der Waals surface area contributed by atoms with Gasteiger partial charge in [0.2, 0.25) is 0 Å². The molecule has 8 unspecified atom stereocenters. The summed E-state index contributed by atoms with van der Waals surface area (Å²) >= 11 is 0. The lowest BCUT2D eigenvalue weighted by Crippen LogP contribution is -2.23. The molecule has 0 aromatic heterocycles. The first kappa shape index (κ1) is 139. The van der Waals surface area contributed by atoms with Crippen LogP contribution in [0.5, 0.6) is 5.75 Å². The van der Waals surface area contributed by atoms with Crippen molar-refractivity contribution >= 4 is 12.4 Å². The van der Waals surface area contributed by atoms with Crippen LogP contribution < -0.4 is 4.74 Å². The van der Waals surface area contributed by atoms with E-state index in [-0.39, 0.29) is 181 Å². The third-order valence-electron chi connectivity index (χ3n) is 10.6. The molecule has 0 saturated heterocycles. The van der Waals surface area contributed by atoms with Crippen LogP contribution in [0.4, 0.5) is 0 Å². The lowest BCUT2D eigenvalue weighted by molar-refractivity contribution is -0.141. The maximum absolute atomic E-state index is 11.1. The van der Waals surface area contributed by atoms with Crippen LogP contribution in [-0.4, -0.2) is 200 Å². The van der Waals surface area contributed by atoms with Gasteiger partial charge in [-0.1, -0.05) is 171 Å². The Kier molecular flexibility index (Phi) is 167. The standard InChI is InChI=1S/C17H28O4.C14H26O5.C13H28O4.C12H24O5.16CH4/c1-4-16(20-11-10-18-3)14-15(2)19-12-13-21-17-8-6-5-7-9-17;1-5-13(18-7-6-15)10-12(4)17-8-9-19-14(16)11(2)3;1-5-13(17-9-7-14-4)11-12(3)16-10-8-15-6-2;1-4-12(17-7-5-14-3)9-11(2)16-8-6-15-10-13;;;;;;;;;;;;;;;;/h5-9,15-16H,4,10-14H2,1-3H3;12-13,15H,2,5-10H2,1,3-4H3;12-13H,5-11H2,1-4H3;10-12H,4-9H2,1-3H3;16*1H4. The molecule has 0 radical (unpaired) electrons. The zero-order chi connectivity index (χ0) is 55.9. The van der Waals surface area contributed by atoms with E-state index in [0.29, 0.717) is 105 Å². The number of carbonyl (C=O) groups excluding carboxylic acids is 2. The lowest BCUT2D eigenvalue weighted by atomic mass is 10.1. The number of methoxy groups -OCH3 is 3. The highest BCUT2D eigenvalue weighted by molar-refractivity contribution is 5.86. The summed E-state index contributed by atoms with van der Waals surface area (Å²) in [5, 5.41) is 8.70. The van der Waals surface area contributed by atoms with Gasteiger partial charge in [-0.25, -0.2) is 4.79 Å². The minimum absolute atomic E-state index is 0. The zero-order valence-corrected chi connectivity index (χ0v) is 48.4. The third kappa shape index (κ3) is 98.8. The number of hydrogen-bond acceptors (Lipinski definition) is 18. The maximum atomic E-state index is 11.1. The number of para-hydroxylation sites is 1. The summed E-state index contributed by atoms with van der Waals surface area (Å²) in [6.07, 6.45) is 8.46. The molecule has 1 rings (SSSR count). The number of aliphatic hydroxyl groups is 1. The molecule has 0 fully saturated rings. The molecule has 0 aliphatic carbocycles. The highest BCUT2D eigenvalue weighted by Gasteiger charge is 2.16. The molecule has 566 valence electrons. The molecular formula is C72H170O18. The first-order valence-corrected chi connectivity index (χ1v) is 26.9. The molecule has 0 amide bonds. The van der Waals surface area contributed by atoms with Crippen LogP contribution in [0.1, 0.15) is 239 Å². The second-order valence-electron chi connectivity index (χ2n) is 17.2. The van der Waals surface area contributed by atoms with Crippen LogP contribution >= 0.6 is 0 Å². The Balaban J connectivity index is -0.0000000416. The summed E-state index contributed by atoms with van der Waals surface area (Å²) in [4.78, 5) is 21.0. The van der Waals surface area contributed by atoms with Crippen LogP contribution in [0.3, 0.4) is 0 Å². The molecule has 18 nitrogen and oxygen atoms in total. The molecule has 0 spiro atoms. The van der Waals surface area contributed by atoms with Gasteiger partial charge < -0.3 is 76.2 Å². The summed E-state index contributed by atoms with van der Waals surface area (Å²) in [6.45, 7) is 32.7. The molecule has 1 aromatic rings. The van der Waals surface area contributed by atoms with Crippen LogP contribution in [0.25, 0.3) is 0 Å². The van der Waals surface area contributed by atoms with Crippen molar-refractivity contribution in [2.24, 2.45) is 0 Å². The topological polar surface area (TPSA) is 193 Å². The summed E-state index contributed by atoms with van der Waals surface area (Å²) in [5.41, 5.74) is 0.386. The van der Waals surface area contributed by atoms with Crippen molar-refractivity contribution in [3.05, 3.63) is 42.5 Å². The van der Waals surface area contributed by atoms with Crippen LogP contribution in [-0.2, 0) is 75.9 Å². The monoisotopic (exact) mass is 1320 g/mol. The van der Waals surface area contributed by atoms with Crippen LogP contribution in [0.15, 0.2) is 42.5 Å². The van der Waals surface area contributed by atoms with Gasteiger partial charge in [-0.15, -0.1) is 0 Å². The summed E-state index contributed by atoms with van der Waals surface area (Å²) in [6, 6.07) is 9.78. The highest BCUT2D eigenvalue weighted by atomic mass is 16.6. The normalized spacial score (nSPS) is 11.7. The Morgan fingerprint density at radius 1 is 0.433 bits per heavy atom. The second-order valence-corrected chi connectivity index (χ2v) is 17.2. The van der Waals surface area contributed by atoms with E-state index in [1.54, 1.807) is 28.3 Å². The fourth-order valence-corrected chi connectivity index (χ4v) is 6.51. The summed E-state index contributed by atoms with van der Waals surface area (Å²) in [5.74, 6) is 0.483. The van der Waals surface area contributed by atoms with Crippen LogP contribution in [0.2, 0.25) is 0 Å². The number of aliphatic hydroxyl groups excluding tert-OH is 1. The van der Waals surface area contributed by atoms with E-state index >= 15 is 0 Å². The SMILES string of the molecule is C.C.C.C.C.C.C.C.C.C.C.C.C.C.C.C.C=C(C)C(=O)OCCOC(C)CC(CC)OCCO.CCC(CC(C)OCCOC=O)OCCOC.CCC(CC(C)OCCOc1ccccc1)OCCOC.CCOCCOC(C)CC(CC)OCCOC. The molecule has 0 aliphatic heterocycles. The van der Waals surface area contributed by atoms with E-state index in [9.17, 15) is 9.59 Å². The van der Waals surface area contributed by atoms with Crippen molar-refractivity contribution in [3.63, 3.8) is 0 Å². The predicted octanol–water partition coefficient (Wildman–Crippen LogP) is 18.8. The maximum Gasteiger partial charge on any atom is 0.333 e. The molecule has 0 heterocycles. The van der Waals surface area contributed by atoms with Gasteiger partial charge in [0.15, 0.2) is 0 Å². The number of rotatable bonds is 47. The molecule has 1 N–H and O–H groups in total. The average Bonchev–Trinajstić information content (AvgIpc) is 3.40. The largest absolute Gasteiger partial charge is 0.491 e. The average molecular weight is 1320 g/mol. The van der Waals surface area contributed by atoms with E-state index in [1.807, 2.05) is 58.0 Å². The first-order chi connectivity index (χ1) is 35.7. The second kappa shape index (κ2) is 108. The van der Waals surface area contributed by atoms with E-state index in [0.717, 1.165) is 63.7 Å². The first-order valence-electron chi connectivity index (χ1n) is 26.9. The van der Waals surface area contributed by atoms with Gasteiger partial charge >= 0.3 is 5.97 Å². The van der Waals surface area contributed by atoms with Gasteiger partial charge in [0.1, 0.15) is 25.6 Å². The molecular weight excluding hydrogens is 1150 g/mol. The highest BCUT2D eigenvalue weighted by Crippen LogP contribution is 2.14. The van der Waals surface area contributed by atoms with E-state index in [2.05, 4.69) is 45.9 Å². The van der Waals surface area contributed by atoms with Crippen molar-refractivity contribution in [2.75, 3.05) is 134 Å². The lowest BCUT2D eigenvalue weighted by Gasteiger charge is -2.20. The van der Waals surface area contributed by atoms with Crippen LogP contribution in [0, 0.1) is 0 Å². The number of benzene rings is 1. The Bertz CT molecular complexity index is 1320. The minimum Gasteiger partial charge on any atom is -0.491 e. The Labute approximate surface area is 566 Å². The zero-order valence-electron chi connectivity index (χ0n) is 48.4. The van der Waals surface area contributed by atoms with Crippen molar-refractivity contribution in [1.29, 1.82) is 0 Å².